The number of sulfonamides is 1. The van der Waals surface area contributed by atoms with Gasteiger partial charge in [-0.05, 0) is 37.0 Å². The van der Waals surface area contributed by atoms with Crippen molar-refractivity contribution < 1.29 is 22.7 Å². The van der Waals surface area contributed by atoms with Crippen molar-refractivity contribution in [3.63, 3.8) is 0 Å². The van der Waals surface area contributed by atoms with Crippen LogP contribution in [0, 0.1) is 5.92 Å². The summed E-state index contributed by atoms with van der Waals surface area (Å²) < 4.78 is 30.9. The van der Waals surface area contributed by atoms with Gasteiger partial charge in [-0.1, -0.05) is 42.5 Å². The number of carbonyl (C=O) groups excluding carboxylic acids is 2. The number of nitrogens with zero attached hydrogens (tertiary/aromatic N) is 2. The number of rotatable bonds is 6. The van der Waals surface area contributed by atoms with Gasteiger partial charge in [-0.15, -0.1) is 0 Å². The molecule has 2 aliphatic rings. The predicted molar refractivity (Wildman–Crippen MR) is 126 cm³/mol. The van der Waals surface area contributed by atoms with Crippen LogP contribution in [0.25, 0.3) is 0 Å². The van der Waals surface area contributed by atoms with E-state index >= 15 is 0 Å². The Hall–Kier alpha value is -2.91. The Bertz CT molecular complexity index is 1100. The van der Waals surface area contributed by atoms with Crippen molar-refractivity contribution in [2.45, 2.75) is 25.4 Å². The van der Waals surface area contributed by atoms with Gasteiger partial charge in [-0.3, -0.25) is 9.59 Å². The first-order chi connectivity index (χ1) is 15.8. The number of amides is 2. The lowest BCUT2D eigenvalue weighted by atomic mass is 9.95. The first-order valence-electron chi connectivity index (χ1n) is 11.2. The molecule has 0 aromatic heterocycles. The Kier molecular flexibility index (Phi) is 6.99. The molecular weight excluding hydrogens is 442 g/mol. The summed E-state index contributed by atoms with van der Waals surface area (Å²) in [5.41, 5.74) is 1.77. The molecule has 33 heavy (non-hydrogen) atoms. The Labute approximate surface area is 194 Å². The average molecular weight is 472 g/mol. The number of benzene rings is 2. The number of ether oxygens (including phenoxy) is 1. The Morgan fingerprint density at radius 2 is 1.70 bits per heavy atom. The van der Waals surface area contributed by atoms with E-state index in [9.17, 15) is 18.0 Å². The van der Waals surface area contributed by atoms with Gasteiger partial charge in [0.05, 0.1) is 18.5 Å². The van der Waals surface area contributed by atoms with E-state index in [1.165, 1.54) is 10.6 Å². The van der Waals surface area contributed by atoms with Crippen LogP contribution in [0.2, 0.25) is 0 Å². The standard InChI is InChI=1S/C24H29N3O5S/c1-33(30,31)26-15-12-19(13-16-26)24(29)27-17-22(32-21-10-6-5-9-20(21)27)23(28)25-14-11-18-7-3-2-4-8-18/h2-10,19,22H,11-17H2,1H3,(H,25,28)/t22-/m1/s1. The van der Waals surface area contributed by atoms with E-state index in [1.54, 1.807) is 11.0 Å². The molecule has 4 rings (SSSR count). The highest BCUT2D eigenvalue weighted by molar-refractivity contribution is 7.88. The zero-order chi connectivity index (χ0) is 23.4. The van der Waals surface area contributed by atoms with Crippen LogP contribution in [-0.2, 0) is 26.0 Å². The Morgan fingerprint density at radius 1 is 1.03 bits per heavy atom. The van der Waals surface area contributed by atoms with E-state index in [0.29, 0.717) is 50.3 Å². The van der Waals surface area contributed by atoms with E-state index in [1.807, 2.05) is 48.5 Å². The second-order valence-electron chi connectivity index (χ2n) is 8.49. The van der Waals surface area contributed by atoms with E-state index < -0.39 is 16.1 Å². The number of fused-ring (bicyclic) bond motifs is 1. The number of hydrogen-bond donors (Lipinski definition) is 1. The molecule has 2 amide bonds. The van der Waals surface area contributed by atoms with Gasteiger partial charge in [0.1, 0.15) is 5.75 Å². The van der Waals surface area contributed by atoms with E-state index in [4.69, 9.17) is 4.74 Å². The predicted octanol–water partition coefficient (Wildman–Crippen LogP) is 1.81. The van der Waals surface area contributed by atoms with Crippen molar-refractivity contribution in [2.75, 3.05) is 37.3 Å². The maximum Gasteiger partial charge on any atom is 0.262 e. The molecule has 0 aliphatic carbocycles. The van der Waals surface area contributed by atoms with Gasteiger partial charge in [-0.25, -0.2) is 12.7 Å². The molecule has 9 heteroatoms. The monoisotopic (exact) mass is 471 g/mol. The smallest absolute Gasteiger partial charge is 0.262 e. The first-order valence-corrected chi connectivity index (χ1v) is 13.0. The van der Waals surface area contributed by atoms with Crippen molar-refractivity contribution in [1.29, 1.82) is 0 Å². The summed E-state index contributed by atoms with van der Waals surface area (Å²) in [6.07, 6.45) is 2.00. The first kappa shape index (κ1) is 23.3. The van der Waals surface area contributed by atoms with Crippen LogP contribution in [0.1, 0.15) is 18.4 Å². The summed E-state index contributed by atoms with van der Waals surface area (Å²) in [7, 11) is -3.26. The maximum absolute atomic E-state index is 13.4. The summed E-state index contributed by atoms with van der Waals surface area (Å²) in [6.45, 7) is 1.25. The van der Waals surface area contributed by atoms with Crippen LogP contribution in [0.4, 0.5) is 5.69 Å². The molecule has 0 bridgehead atoms. The zero-order valence-corrected chi connectivity index (χ0v) is 19.5. The van der Waals surface area contributed by atoms with Gasteiger partial charge in [0.25, 0.3) is 5.91 Å². The maximum atomic E-state index is 13.4. The van der Waals surface area contributed by atoms with Crippen LogP contribution in [0.5, 0.6) is 5.75 Å². The lowest BCUT2D eigenvalue weighted by Crippen LogP contribution is -2.53. The molecule has 176 valence electrons. The molecule has 0 unspecified atom stereocenters. The minimum Gasteiger partial charge on any atom is -0.477 e. The van der Waals surface area contributed by atoms with Gasteiger partial charge in [0.15, 0.2) is 6.10 Å². The highest BCUT2D eigenvalue weighted by Crippen LogP contribution is 2.35. The van der Waals surface area contributed by atoms with E-state index in [2.05, 4.69) is 5.32 Å². The van der Waals surface area contributed by atoms with Crippen molar-refractivity contribution in [2.24, 2.45) is 5.92 Å². The molecule has 2 heterocycles. The molecule has 0 saturated carbocycles. The van der Waals surface area contributed by atoms with E-state index in [-0.39, 0.29) is 24.3 Å². The highest BCUT2D eigenvalue weighted by Gasteiger charge is 2.38. The van der Waals surface area contributed by atoms with Crippen LogP contribution in [0.15, 0.2) is 54.6 Å². The van der Waals surface area contributed by atoms with Crippen LogP contribution in [0.3, 0.4) is 0 Å². The van der Waals surface area contributed by atoms with Crippen LogP contribution >= 0.6 is 0 Å². The minimum atomic E-state index is -3.26. The van der Waals surface area contributed by atoms with Crippen molar-refractivity contribution in [1.82, 2.24) is 9.62 Å². The average Bonchev–Trinajstić information content (AvgIpc) is 2.83. The minimum absolute atomic E-state index is 0.0963. The molecule has 1 atom stereocenters. The fourth-order valence-electron chi connectivity index (χ4n) is 4.32. The molecule has 1 N–H and O–H groups in total. The molecule has 1 saturated heterocycles. The Balaban J connectivity index is 1.42. The van der Waals surface area contributed by atoms with Gasteiger partial charge in [0, 0.05) is 25.6 Å². The fraction of sp³-hybridized carbons (Fsp3) is 0.417. The third-order valence-corrected chi connectivity index (χ3v) is 7.46. The zero-order valence-electron chi connectivity index (χ0n) is 18.6. The summed E-state index contributed by atoms with van der Waals surface area (Å²) in [6, 6.07) is 17.1. The molecule has 1 fully saturated rings. The SMILES string of the molecule is CS(=O)(=O)N1CCC(C(=O)N2C[C@H](C(=O)NCCc3ccccc3)Oc3ccccc32)CC1. The quantitative estimate of drug-likeness (QED) is 0.693. The summed E-state index contributed by atoms with van der Waals surface area (Å²) in [5.74, 6) is -0.157. The molecule has 0 spiro atoms. The molecule has 2 aromatic carbocycles. The van der Waals surface area contributed by atoms with Crippen molar-refractivity contribution >= 4 is 27.5 Å². The van der Waals surface area contributed by atoms with E-state index in [0.717, 1.165) is 5.56 Å². The second kappa shape index (κ2) is 9.93. The van der Waals surface area contributed by atoms with Gasteiger partial charge in [-0.2, -0.15) is 0 Å². The third kappa shape index (κ3) is 5.54. The molecule has 2 aliphatic heterocycles. The van der Waals surface area contributed by atoms with Crippen molar-refractivity contribution in [3.8, 4) is 5.75 Å². The summed E-state index contributed by atoms with van der Waals surface area (Å²) in [4.78, 5) is 27.9. The summed E-state index contributed by atoms with van der Waals surface area (Å²) >= 11 is 0. The number of piperidine rings is 1. The summed E-state index contributed by atoms with van der Waals surface area (Å²) in [5, 5.41) is 2.92. The second-order valence-corrected chi connectivity index (χ2v) is 10.5. The number of hydrogen-bond acceptors (Lipinski definition) is 5. The normalized spacial score (nSPS) is 19.4. The topological polar surface area (TPSA) is 96.0 Å². The van der Waals surface area contributed by atoms with Gasteiger partial charge >= 0.3 is 0 Å². The lowest BCUT2D eigenvalue weighted by Gasteiger charge is -2.37. The van der Waals surface area contributed by atoms with Gasteiger partial charge < -0.3 is 15.0 Å². The lowest BCUT2D eigenvalue weighted by molar-refractivity contribution is -0.129. The third-order valence-electron chi connectivity index (χ3n) is 6.16. The number of carbonyl (C=O) groups is 2. The fourth-order valence-corrected chi connectivity index (χ4v) is 5.20. The molecule has 8 nitrogen and oxygen atoms in total. The largest absolute Gasteiger partial charge is 0.477 e. The number of para-hydroxylation sites is 2. The molecular formula is C24H29N3O5S. The Morgan fingerprint density at radius 3 is 2.39 bits per heavy atom. The highest BCUT2D eigenvalue weighted by atomic mass is 32.2. The molecule has 2 aromatic rings. The van der Waals surface area contributed by atoms with Crippen LogP contribution in [-0.4, -0.2) is 63.1 Å². The van der Waals surface area contributed by atoms with Crippen LogP contribution < -0.4 is 15.0 Å². The van der Waals surface area contributed by atoms with Crippen molar-refractivity contribution in [3.05, 3.63) is 60.2 Å². The number of nitrogens with one attached hydrogen (secondary N) is 1. The molecule has 0 radical (unpaired) electrons. The number of anilines is 1. The van der Waals surface area contributed by atoms with Gasteiger partial charge in [0.2, 0.25) is 15.9 Å².